The summed E-state index contributed by atoms with van der Waals surface area (Å²) < 4.78 is 0.366. The lowest BCUT2D eigenvalue weighted by Gasteiger charge is -2.22. The van der Waals surface area contributed by atoms with Gasteiger partial charge in [-0.2, -0.15) is 11.8 Å². The molecule has 1 aromatic rings. The lowest BCUT2D eigenvalue weighted by molar-refractivity contribution is 0.283. The van der Waals surface area contributed by atoms with Crippen molar-refractivity contribution in [3.05, 3.63) is 10.6 Å². The first-order chi connectivity index (χ1) is 9.46. The molecule has 1 aromatic heterocycles. The maximum Gasteiger partial charge on any atom is 0.185 e. The van der Waals surface area contributed by atoms with E-state index in [9.17, 15) is 5.11 Å². The number of anilines is 1. The van der Waals surface area contributed by atoms with Crippen molar-refractivity contribution in [2.75, 3.05) is 23.7 Å². The van der Waals surface area contributed by atoms with Crippen molar-refractivity contribution in [3.8, 4) is 0 Å². The fourth-order valence-electron chi connectivity index (χ4n) is 2.39. The van der Waals surface area contributed by atoms with E-state index in [-0.39, 0.29) is 6.61 Å². The molecule has 2 heterocycles. The zero-order valence-electron chi connectivity index (χ0n) is 13.0. The first-order valence-electron chi connectivity index (χ1n) is 7.46. The van der Waals surface area contributed by atoms with Gasteiger partial charge in [0.05, 0.1) is 17.2 Å². The average molecular weight is 315 g/mol. The maximum atomic E-state index is 9.56. The van der Waals surface area contributed by atoms with Gasteiger partial charge in [0.25, 0.3) is 0 Å². The Hall–Kier alpha value is -0.260. The summed E-state index contributed by atoms with van der Waals surface area (Å²) in [7, 11) is 0. The average Bonchev–Trinajstić information content (AvgIpc) is 2.77. The zero-order valence-corrected chi connectivity index (χ0v) is 14.6. The molecule has 0 aromatic carbocycles. The van der Waals surface area contributed by atoms with E-state index < -0.39 is 0 Å². The Balaban J connectivity index is 2.18. The van der Waals surface area contributed by atoms with Crippen LogP contribution in [0.3, 0.4) is 0 Å². The third-order valence-electron chi connectivity index (χ3n) is 4.05. The summed E-state index contributed by atoms with van der Waals surface area (Å²) in [6, 6.07) is 0. The van der Waals surface area contributed by atoms with Crippen LogP contribution in [0.1, 0.15) is 57.0 Å². The largest absolute Gasteiger partial charge is 0.391 e. The van der Waals surface area contributed by atoms with E-state index in [4.69, 9.17) is 4.98 Å². The molecule has 1 fully saturated rings. The molecule has 2 rings (SSSR count). The molecular formula is C15H26N2OS2. The van der Waals surface area contributed by atoms with E-state index in [1.165, 1.54) is 6.42 Å². The lowest BCUT2D eigenvalue weighted by atomic mass is 10.0. The number of hydrogen-bond donors (Lipinski definition) is 1. The third kappa shape index (κ3) is 3.68. The molecule has 1 aliphatic rings. The summed E-state index contributed by atoms with van der Waals surface area (Å²) in [5.74, 6) is 1.58. The molecule has 0 spiro atoms. The Bertz CT molecular complexity index is 445. The van der Waals surface area contributed by atoms with Crippen LogP contribution >= 0.6 is 23.1 Å². The number of nitrogens with zero attached hydrogens (tertiary/aromatic N) is 2. The van der Waals surface area contributed by atoms with E-state index in [1.807, 2.05) is 0 Å². The summed E-state index contributed by atoms with van der Waals surface area (Å²) in [6.45, 7) is 11.3. The highest BCUT2D eigenvalue weighted by molar-refractivity contribution is 8.00. The van der Waals surface area contributed by atoms with E-state index in [2.05, 4.69) is 44.4 Å². The van der Waals surface area contributed by atoms with Gasteiger partial charge in [-0.3, -0.25) is 0 Å². The van der Waals surface area contributed by atoms with Crippen LogP contribution in [0.4, 0.5) is 5.13 Å². The van der Waals surface area contributed by atoms with Crippen LogP contribution in [0.15, 0.2) is 0 Å². The van der Waals surface area contributed by atoms with Crippen molar-refractivity contribution in [3.63, 3.8) is 0 Å². The minimum atomic E-state index is 0.116. The molecule has 0 aliphatic carbocycles. The number of thioether (sulfide) groups is 1. The summed E-state index contributed by atoms with van der Waals surface area (Å²) in [5, 5.41) is 10.7. The van der Waals surface area contributed by atoms with Crippen molar-refractivity contribution in [2.45, 2.75) is 57.8 Å². The Labute approximate surface area is 130 Å². The monoisotopic (exact) mass is 314 g/mol. The first kappa shape index (κ1) is 16.1. The highest BCUT2D eigenvalue weighted by Crippen LogP contribution is 2.36. The number of aliphatic hydroxyl groups is 1. The molecule has 1 unspecified atom stereocenters. The molecular weight excluding hydrogens is 288 g/mol. The highest BCUT2D eigenvalue weighted by atomic mass is 32.2. The smallest absolute Gasteiger partial charge is 0.185 e. The number of hydrogen-bond acceptors (Lipinski definition) is 5. The standard InChI is InChI=1S/C15H26N2OS2/c1-5-11(2)13-12(10-18)20-14(16-13)17-7-6-15(3,4)19-9-8-17/h11,18H,5-10H2,1-4H3. The van der Waals surface area contributed by atoms with Gasteiger partial charge in [-0.05, 0) is 18.8 Å². The van der Waals surface area contributed by atoms with Gasteiger partial charge in [0.1, 0.15) is 0 Å². The number of aromatic nitrogens is 1. The first-order valence-corrected chi connectivity index (χ1v) is 9.26. The van der Waals surface area contributed by atoms with Crippen LogP contribution in [0.25, 0.3) is 0 Å². The van der Waals surface area contributed by atoms with Gasteiger partial charge in [-0.1, -0.05) is 39.0 Å². The molecule has 5 heteroatoms. The van der Waals surface area contributed by atoms with Crippen LogP contribution in [-0.2, 0) is 6.61 Å². The SMILES string of the molecule is CCC(C)c1nc(N2CCSC(C)(C)CC2)sc1CO. The minimum absolute atomic E-state index is 0.116. The third-order valence-corrected chi connectivity index (χ3v) is 6.54. The Morgan fingerprint density at radius 1 is 1.40 bits per heavy atom. The second-order valence-corrected chi connectivity index (χ2v) is 8.98. The van der Waals surface area contributed by atoms with E-state index in [0.717, 1.165) is 41.0 Å². The molecule has 1 aliphatic heterocycles. The van der Waals surface area contributed by atoms with Crippen LogP contribution in [0, 0.1) is 0 Å². The van der Waals surface area contributed by atoms with Gasteiger partial charge in [0, 0.05) is 23.6 Å². The van der Waals surface area contributed by atoms with E-state index in [0.29, 0.717) is 10.7 Å². The van der Waals surface area contributed by atoms with Gasteiger partial charge in [0.2, 0.25) is 0 Å². The van der Waals surface area contributed by atoms with Crippen molar-refractivity contribution in [1.82, 2.24) is 4.98 Å². The highest BCUT2D eigenvalue weighted by Gasteiger charge is 2.26. The molecule has 1 saturated heterocycles. The molecule has 1 atom stereocenters. The molecule has 0 saturated carbocycles. The van der Waals surface area contributed by atoms with Gasteiger partial charge >= 0.3 is 0 Å². The van der Waals surface area contributed by atoms with Gasteiger partial charge < -0.3 is 10.0 Å². The van der Waals surface area contributed by atoms with E-state index in [1.54, 1.807) is 11.3 Å². The quantitative estimate of drug-likeness (QED) is 0.915. The second kappa shape index (κ2) is 6.67. The molecule has 114 valence electrons. The number of aliphatic hydroxyl groups excluding tert-OH is 1. The fourth-order valence-corrected chi connectivity index (χ4v) is 4.58. The van der Waals surface area contributed by atoms with Crippen LogP contribution < -0.4 is 4.90 Å². The van der Waals surface area contributed by atoms with E-state index >= 15 is 0 Å². The Morgan fingerprint density at radius 2 is 2.15 bits per heavy atom. The number of thiazole rings is 1. The lowest BCUT2D eigenvalue weighted by Crippen LogP contribution is -2.26. The van der Waals surface area contributed by atoms with Crippen molar-refractivity contribution < 1.29 is 5.11 Å². The molecule has 3 nitrogen and oxygen atoms in total. The molecule has 20 heavy (non-hydrogen) atoms. The Morgan fingerprint density at radius 3 is 2.80 bits per heavy atom. The van der Waals surface area contributed by atoms with Gasteiger partial charge in [-0.25, -0.2) is 4.98 Å². The van der Waals surface area contributed by atoms with Crippen molar-refractivity contribution in [2.24, 2.45) is 0 Å². The van der Waals surface area contributed by atoms with Gasteiger partial charge in [0.15, 0.2) is 5.13 Å². The predicted octanol–water partition coefficient (Wildman–Crippen LogP) is 3.87. The molecule has 0 bridgehead atoms. The Kier molecular flexibility index (Phi) is 5.37. The number of rotatable bonds is 4. The minimum Gasteiger partial charge on any atom is -0.391 e. The zero-order chi connectivity index (χ0) is 14.8. The second-order valence-electron chi connectivity index (χ2n) is 6.12. The topological polar surface area (TPSA) is 36.4 Å². The van der Waals surface area contributed by atoms with Gasteiger partial charge in [-0.15, -0.1) is 0 Å². The summed E-state index contributed by atoms with van der Waals surface area (Å²) in [6.07, 6.45) is 2.25. The molecule has 0 radical (unpaired) electrons. The molecule has 0 amide bonds. The summed E-state index contributed by atoms with van der Waals surface area (Å²) in [5.41, 5.74) is 1.10. The normalized spacial score (nSPS) is 20.8. The van der Waals surface area contributed by atoms with Crippen molar-refractivity contribution in [1.29, 1.82) is 0 Å². The predicted molar refractivity (Wildman–Crippen MR) is 90.1 cm³/mol. The van der Waals surface area contributed by atoms with Crippen molar-refractivity contribution >= 4 is 28.2 Å². The van der Waals surface area contributed by atoms with Crippen LogP contribution in [0.2, 0.25) is 0 Å². The summed E-state index contributed by atoms with van der Waals surface area (Å²) >= 11 is 3.73. The van der Waals surface area contributed by atoms with Crippen LogP contribution in [-0.4, -0.2) is 33.7 Å². The van der Waals surface area contributed by atoms with Crippen LogP contribution in [0.5, 0.6) is 0 Å². The summed E-state index contributed by atoms with van der Waals surface area (Å²) in [4.78, 5) is 8.29. The fraction of sp³-hybridized carbons (Fsp3) is 0.800. The molecule has 1 N–H and O–H groups in total. The maximum absolute atomic E-state index is 9.56.